The molecule has 1 saturated carbocycles. The minimum absolute atomic E-state index is 0.0293. The van der Waals surface area contributed by atoms with Crippen LogP contribution in [0.5, 0.6) is 5.75 Å². The third kappa shape index (κ3) is 1.30. The van der Waals surface area contributed by atoms with Gasteiger partial charge in [0.1, 0.15) is 5.75 Å². The van der Waals surface area contributed by atoms with Crippen LogP contribution >= 0.6 is 11.6 Å². The van der Waals surface area contributed by atoms with Crippen molar-refractivity contribution in [1.29, 1.82) is 0 Å². The average molecular weight is 199 g/mol. The maximum atomic E-state index is 9.78. The van der Waals surface area contributed by atoms with E-state index in [4.69, 9.17) is 11.6 Å². The Bertz CT molecular complexity index is 356. The SMILES string of the molecule is Cc1ccc(C2(O)CC2)c(O)c1Cl. The summed E-state index contributed by atoms with van der Waals surface area (Å²) in [7, 11) is 0. The first-order valence-electron chi connectivity index (χ1n) is 4.25. The number of phenolic OH excluding ortho intramolecular Hbond substituents is 1. The summed E-state index contributed by atoms with van der Waals surface area (Å²) in [5.41, 5.74) is 0.566. The maximum absolute atomic E-state index is 9.78. The number of phenols is 1. The van der Waals surface area contributed by atoms with E-state index in [1.165, 1.54) is 0 Å². The van der Waals surface area contributed by atoms with Crippen LogP contribution in [0.1, 0.15) is 24.0 Å². The van der Waals surface area contributed by atoms with E-state index in [0.29, 0.717) is 23.4 Å². The van der Waals surface area contributed by atoms with Gasteiger partial charge in [0.15, 0.2) is 0 Å². The highest BCUT2D eigenvalue weighted by molar-refractivity contribution is 6.32. The molecule has 0 aliphatic heterocycles. The molecule has 1 aliphatic rings. The summed E-state index contributed by atoms with van der Waals surface area (Å²) < 4.78 is 0. The molecule has 1 fully saturated rings. The molecule has 1 aliphatic carbocycles. The normalized spacial score (nSPS) is 18.7. The summed E-state index contributed by atoms with van der Waals surface area (Å²) in [6.07, 6.45) is 1.42. The predicted octanol–water partition coefficient (Wildman–Crippen LogP) is 2.34. The lowest BCUT2D eigenvalue weighted by Gasteiger charge is -2.12. The van der Waals surface area contributed by atoms with E-state index in [0.717, 1.165) is 5.56 Å². The number of hydrogen-bond donors (Lipinski definition) is 2. The van der Waals surface area contributed by atoms with E-state index in [9.17, 15) is 10.2 Å². The average Bonchev–Trinajstić information content (AvgIpc) is 2.80. The maximum Gasteiger partial charge on any atom is 0.140 e. The molecule has 13 heavy (non-hydrogen) atoms. The predicted molar refractivity (Wildman–Crippen MR) is 51.0 cm³/mol. The van der Waals surface area contributed by atoms with E-state index in [2.05, 4.69) is 0 Å². The van der Waals surface area contributed by atoms with Crippen molar-refractivity contribution in [1.82, 2.24) is 0 Å². The van der Waals surface area contributed by atoms with Crippen LogP contribution in [0.25, 0.3) is 0 Å². The van der Waals surface area contributed by atoms with Gasteiger partial charge in [0.25, 0.3) is 0 Å². The fourth-order valence-corrected chi connectivity index (χ4v) is 1.59. The Morgan fingerprint density at radius 3 is 2.54 bits per heavy atom. The third-order valence-electron chi connectivity index (χ3n) is 2.53. The molecule has 0 radical (unpaired) electrons. The molecule has 1 aromatic carbocycles. The molecule has 0 heterocycles. The van der Waals surface area contributed by atoms with Gasteiger partial charge in [-0.15, -0.1) is 0 Å². The van der Waals surface area contributed by atoms with Crippen molar-refractivity contribution in [3.8, 4) is 5.75 Å². The molecular formula is C10H11ClO2. The second-order valence-electron chi connectivity index (χ2n) is 3.62. The molecule has 70 valence electrons. The Labute approximate surface area is 81.8 Å². The van der Waals surface area contributed by atoms with Gasteiger partial charge in [0.05, 0.1) is 10.6 Å². The van der Waals surface area contributed by atoms with Gasteiger partial charge in [-0.1, -0.05) is 23.7 Å². The van der Waals surface area contributed by atoms with Crippen LogP contribution in [0.4, 0.5) is 0 Å². The van der Waals surface area contributed by atoms with Crippen molar-refractivity contribution in [3.63, 3.8) is 0 Å². The molecule has 2 rings (SSSR count). The fraction of sp³-hybridized carbons (Fsp3) is 0.400. The van der Waals surface area contributed by atoms with E-state index in [1.54, 1.807) is 6.07 Å². The number of halogens is 1. The Morgan fingerprint density at radius 1 is 1.38 bits per heavy atom. The van der Waals surface area contributed by atoms with Gasteiger partial charge in [-0.3, -0.25) is 0 Å². The largest absolute Gasteiger partial charge is 0.506 e. The summed E-state index contributed by atoms with van der Waals surface area (Å²) in [6, 6.07) is 3.55. The van der Waals surface area contributed by atoms with Crippen molar-refractivity contribution in [3.05, 3.63) is 28.3 Å². The molecule has 1 aromatic rings. The van der Waals surface area contributed by atoms with Crippen LogP contribution in [0.3, 0.4) is 0 Å². The van der Waals surface area contributed by atoms with E-state index < -0.39 is 5.60 Å². The highest BCUT2D eigenvalue weighted by Crippen LogP contribution is 2.50. The molecule has 0 spiro atoms. The zero-order valence-corrected chi connectivity index (χ0v) is 8.10. The standard InChI is InChI=1S/C10H11ClO2/c1-6-2-3-7(9(12)8(6)11)10(13)4-5-10/h2-3,12-13H,4-5H2,1H3. The molecule has 0 bridgehead atoms. The first-order chi connectivity index (χ1) is 6.04. The minimum Gasteiger partial charge on any atom is -0.506 e. The van der Waals surface area contributed by atoms with Crippen LogP contribution in [-0.4, -0.2) is 10.2 Å². The second-order valence-corrected chi connectivity index (χ2v) is 4.00. The van der Waals surface area contributed by atoms with Gasteiger partial charge in [0, 0.05) is 5.56 Å². The fourth-order valence-electron chi connectivity index (χ4n) is 1.43. The molecule has 0 atom stereocenters. The molecule has 0 unspecified atom stereocenters. The summed E-state index contributed by atoms with van der Waals surface area (Å²) in [4.78, 5) is 0. The Hall–Kier alpha value is -0.730. The lowest BCUT2D eigenvalue weighted by atomic mass is 10.0. The summed E-state index contributed by atoms with van der Waals surface area (Å²) in [5.74, 6) is 0.0293. The molecule has 0 saturated heterocycles. The zero-order valence-electron chi connectivity index (χ0n) is 7.34. The number of rotatable bonds is 1. The number of aromatic hydroxyl groups is 1. The summed E-state index contributed by atoms with van der Waals surface area (Å²) >= 11 is 5.86. The first kappa shape index (κ1) is 8.85. The van der Waals surface area contributed by atoms with Crippen LogP contribution in [0.15, 0.2) is 12.1 Å². The highest BCUT2D eigenvalue weighted by Gasteiger charge is 2.44. The van der Waals surface area contributed by atoms with Gasteiger partial charge >= 0.3 is 0 Å². The van der Waals surface area contributed by atoms with Crippen LogP contribution < -0.4 is 0 Å². The zero-order chi connectivity index (χ0) is 9.64. The molecular weight excluding hydrogens is 188 g/mol. The van der Waals surface area contributed by atoms with Crippen LogP contribution in [0.2, 0.25) is 5.02 Å². The highest BCUT2D eigenvalue weighted by atomic mass is 35.5. The molecule has 3 heteroatoms. The van der Waals surface area contributed by atoms with E-state index in [1.807, 2.05) is 13.0 Å². The lowest BCUT2D eigenvalue weighted by Crippen LogP contribution is -2.04. The topological polar surface area (TPSA) is 40.5 Å². The molecule has 0 aromatic heterocycles. The van der Waals surface area contributed by atoms with Crippen molar-refractivity contribution in [2.45, 2.75) is 25.4 Å². The smallest absolute Gasteiger partial charge is 0.140 e. The van der Waals surface area contributed by atoms with Gasteiger partial charge in [0.2, 0.25) is 0 Å². The van der Waals surface area contributed by atoms with Crippen molar-refractivity contribution >= 4 is 11.6 Å². The van der Waals surface area contributed by atoms with Gasteiger partial charge in [-0.2, -0.15) is 0 Å². The van der Waals surface area contributed by atoms with Gasteiger partial charge in [-0.25, -0.2) is 0 Å². The Balaban J connectivity index is 2.54. The number of hydrogen-bond acceptors (Lipinski definition) is 2. The summed E-state index contributed by atoms with van der Waals surface area (Å²) in [5, 5.41) is 19.8. The van der Waals surface area contributed by atoms with Crippen molar-refractivity contribution in [2.24, 2.45) is 0 Å². The Morgan fingerprint density at radius 2 is 2.00 bits per heavy atom. The number of aliphatic hydroxyl groups is 1. The molecule has 2 nitrogen and oxygen atoms in total. The summed E-state index contributed by atoms with van der Waals surface area (Å²) in [6.45, 7) is 1.82. The number of aryl methyl sites for hydroxylation is 1. The molecule has 2 N–H and O–H groups in total. The quantitative estimate of drug-likeness (QED) is 0.727. The van der Waals surface area contributed by atoms with Crippen LogP contribution in [-0.2, 0) is 5.60 Å². The Kier molecular flexibility index (Phi) is 1.79. The molecule has 0 amide bonds. The number of benzene rings is 1. The first-order valence-corrected chi connectivity index (χ1v) is 4.63. The van der Waals surface area contributed by atoms with Crippen molar-refractivity contribution in [2.75, 3.05) is 0 Å². The minimum atomic E-state index is -0.818. The lowest BCUT2D eigenvalue weighted by molar-refractivity contribution is 0.148. The second kappa shape index (κ2) is 2.63. The van der Waals surface area contributed by atoms with E-state index >= 15 is 0 Å². The van der Waals surface area contributed by atoms with E-state index in [-0.39, 0.29) is 5.75 Å². The van der Waals surface area contributed by atoms with Gasteiger partial charge < -0.3 is 10.2 Å². The van der Waals surface area contributed by atoms with Crippen LogP contribution in [0, 0.1) is 6.92 Å². The van der Waals surface area contributed by atoms with Gasteiger partial charge in [-0.05, 0) is 25.3 Å². The third-order valence-corrected chi connectivity index (χ3v) is 3.01. The van der Waals surface area contributed by atoms with Crippen molar-refractivity contribution < 1.29 is 10.2 Å². The monoisotopic (exact) mass is 198 g/mol.